The molecule has 1 aromatic rings. The monoisotopic (exact) mass is 220 g/mol. The van der Waals surface area contributed by atoms with Gasteiger partial charge in [-0.15, -0.1) is 0 Å². The molecule has 0 heterocycles. The minimum Gasteiger partial charge on any atom is -0.481 e. The Hall–Kier alpha value is -1.84. The third-order valence-corrected chi connectivity index (χ3v) is 3.03. The van der Waals surface area contributed by atoms with E-state index in [-0.39, 0.29) is 11.5 Å². The smallest absolute Gasteiger partial charge is 0.335 e. The molecule has 0 radical (unpaired) electrons. The lowest BCUT2D eigenvalue weighted by Gasteiger charge is -2.21. The molecule has 0 aliphatic heterocycles. The molecule has 0 aromatic heterocycles. The average Bonchev–Trinajstić information content (AvgIpc) is 2.27. The second-order valence-electron chi connectivity index (χ2n) is 4.07. The van der Waals surface area contributed by atoms with Crippen LogP contribution in [0.3, 0.4) is 0 Å². The van der Waals surface area contributed by atoms with Gasteiger partial charge in [-0.3, -0.25) is 4.79 Å². The summed E-state index contributed by atoms with van der Waals surface area (Å²) >= 11 is 0. The van der Waals surface area contributed by atoms with Crippen LogP contribution in [0.2, 0.25) is 0 Å². The number of carboxylic acids is 2. The van der Waals surface area contributed by atoms with E-state index in [4.69, 9.17) is 10.2 Å². The summed E-state index contributed by atoms with van der Waals surface area (Å²) in [4.78, 5) is 21.6. The van der Waals surface area contributed by atoms with Crippen LogP contribution >= 0.6 is 0 Å². The molecule has 0 amide bonds. The number of hydrogen-bond acceptors (Lipinski definition) is 2. The predicted octanol–water partition coefficient (Wildman–Crippen LogP) is 1.57. The summed E-state index contributed by atoms with van der Waals surface area (Å²) in [5, 5.41) is 17.7. The zero-order valence-corrected chi connectivity index (χ0v) is 8.64. The zero-order valence-electron chi connectivity index (χ0n) is 8.64. The fraction of sp³-hybridized carbons (Fsp3) is 0.333. The second-order valence-corrected chi connectivity index (χ2v) is 4.07. The minimum atomic E-state index is -0.942. The van der Waals surface area contributed by atoms with Crippen LogP contribution in [0, 0.1) is 5.92 Å². The molecule has 0 saturated heterocycles. The van der Waals surface area contributed by atoms with Gasteiger partial charge in [-0.1, -0.05) is 6.07 Å². The summed E-state index contributed by atoms with van der Waals surface area (Å²) in [7, 11) is 0. The third kappa shape index (κ3) is 1.91. The van der Waals surface area contributed by atoms with E-state index in [0.29, 0.717) is 19.3 Å². The Morgan fingerprint density at radius 1 is 1.19 bits per heavy atom. The number of carboxylic acid groups (broad SMARTS) is 2. The van der Waals surface area contributed by atoms with E-state index in [1.165, 1.54) is 6.07 Å². The highest BCUT2D eigenvalue weighted by atomic mass is 16.4. The number of benzene rings is 1. The first-order chi connectivity index (χ1) is 7.58. The van der Waals surface area contributed by atoms with Crippen LogP contribution in [0.1, 0.15) is 27.9 Å². The highest BCUT2D eigenvalue weighted by Crippen LogP contribution is 2.26. The minimum absolute atomic E-state index is 0.271. The standard InChI is InChI=1S/C12H12O4/c13-11(14)9-3-1-7-5-10(12(15)16)4-2-8(7)6-9/h1,3,6,10H,2,4-5H2,(H,13,14)(H,15,16). The van der Waals surface area contributed by atoms with E-state index in [0.717, 1.165) is 11.1 Å². The van der Waals surface area contributed by atoms with E-state index in [2.05, 4.69) is 0 Å². The van der Waals surface area contributed by atoms with Gasteiger partial charge in [-0.25, -0.2) is 4.79 Å². The Bertz CT molecular complexity index is 450. The molecule has 1 aliphatic rings. The lowest BCUT2D eigenvalue weighted by atomic mass is 9.83. The van der Waals surface area contributed by atoms with Crippen molar-refractivity contribution in [3.8, 4) is 0 Å². The van der Waals surface area contributed by atoms with Gasteiger partial charge in [0.2, 0.25) is 0 Å². The molecule has 2 N–H and O–H groups in total. The number of aliphatic carboxylic acids is 1. The molecule has 1 aromatic carbocycles. The van der Waals surface area contributed by atoms with Crippen molar-refractivity contribution < 1.29 is 19.8 Å². The molecule has 4 heteroatoms. The van der Waals surface area contributed by atoms with Gasteiger partial charge >= 0.3 is 11.9 Å². The highest BCUT2D eigenvalue weighted by Gasteiger charge is 2.24. The van der Waals surface area contributed by atoms with Crippen LogP contribution in [-0.4, -0.2) is 22.2 Å². The molecule has 1 unspecified atom stereocenters. The maximum atomic E-state index is 10.8. The Balaban J connectivity index is 2.29. The van der Waals surface area contributed by atoms with E-state index < -0.39 is 11.9 Å². The van der Waals surface area contributed by atoms with Gasteiger partial charge in [0.1, 0.15) is 0 Å². The van der Waals surface area contributed by atoms with Crippen molar-refractivity contribution >= 4 is 11.9 Å². The number of carbonyl (C=O) groups is 2. The maximum absolute atomic E-state index is 10.8. The molecule has 84 valence electrons. The fourth-order valence-corrected chi connectivity index (χ4v) is 2.10. The van der Waals surface area contributed by atoms with Gasteiger partial charge in [0.15, 0.2) is 0 Å². The molecule has 16 heavy (non-hydrogen) atoms. The molecular weight excluding hydrogens is 208 g/mol. The molecule has 0 saturated carbocycles. The van der Waals surface area contributed by atoms with Crippen molar-refractivity contribution in [2.45, 2.75) is 19.3 Å². The molecule has 0 fully saturated rings. The van der Waals surface area contributed by atoms with Crippen molar-refractivity contribution in [2.75, 3.05) is 0 Å². The SMILES string of the molecule is O=C(O)c1ccc2c(c1)CCC(C(=O)O)C2. The number of aryl methyl sites for hydroxylation is 1. The summed E-state index contributed by atoms with van der Waals surface area (Å²) in [6, 6.07) is 4.91. The first-order valence-corrected chi connectivity index (χ1v) is 5.16. The van der Waals surface area contributed by atoms with Gasteiger partial charge in [-0.2, -0.15) is 0 Å². The van der Waals surface area contributed by atoms with Crippen molar-refractivity contribution in [3.63, 3.8) is 0 Å². The summed E-state index contributed by atoms with van der Waals surface area (Å²) in [6.07, 6.45) is 1.74. The second kappa shape index (κ2) is 3.96. The summed E-state index contributed by atoms with van der Waals surface area (Å²) in [5.41, 5.74) is 2.20. The van der Waals surface area contributed by atoms with Gasteiger partial charge in [-0.05, 0) is 42.5 Å². The number of rotatable bonds is 2. The molecule has 0 bridgehead atoms. The van der Waals surface area contributed by atoms with Crippen molar-refractivity contribution in [3.05, 3.63) is 34.9 Å². The fourth-order valence-electron chi connectivity index (χ4n) is 2.10. The third-order valence-electron chi connectivity index (χ3n) is 3.03. The zero-order chi connectivity index (χ0) is 11.7. The van der Waals surface area contributed by atoms with Gasteiger partial charge < -0.3 is 10.2 Å². The van der Waals surface area contributed by atoms with Crippen LogP contribution in [0.15, 0.2) is 18.2 Å². The molecule has 1 atom stereocenters. The molecule has 4 nitrogen and oxygen atoms in total. The number of fused-ring (bicyclic) bond motifs is 1. The normalized spacial score (nSPS) is 18.9. The van der Waals surface area contributed by atoms with E-state index in [1.807, 2.05) is 0 Å². The van der Waals surface area contributed by atoms with Gasteiger partial charge in [0, 0.05) is 0 Å². The molecule has 0 spiro atoms. The van der Waals surface area contributed by atoms with Crippen LogP contribution in [0.5, 0.6) is 0 Å². The lowest BCUT2D eigenvalue weighted by Crippen LogP contribution is -2.22. The van der Waals surface area contributed by atoms with Gasteiger partial charge in [0.25, 0.3) is 0 Å². The lowest BCUT2D eigenvalue weighted by molar-refractivity contribution is -0.142. The summed E-state index contributed by atoms with van der Waals surface area (Å²) in [6.45, 7) is 0. The Morgan fingerprint density at radius 2 is 1.94 bits per heavy atom. The molecule has 1 aliphatic carbocycles. The Morgan fingerprint density at radius 3 is 2.56 bits per heavy atom. The quantitative estimate of drug-likeness (QED) is 0.793. The van der Waals surface area contributed by atoms with Crippen molar-refractivity contribution in [1.29, 1.82) is 0 Å². The Kier molecular flexibility index (Phi) is 2.64. The first-order valence-electron chi connectivity index (χ1n) is 5.16. The summed E-state index contributed by atoms with van der Waals surface area (Å²) < 4.78 is 0. The molecule has 2 rings (SSSR count). The van der Waals surface area contributed by atoms with Crippen LogP contribution in [0.25, 0.3) is 0 Å². The largest absolute Gasteiger partial charge is 0.481 e. The predicted molar refractivity (Wildman–Crippen MR) is 56.6 cm³/mol. The van der Waals surface area contributed by atoms with Crippen LogP contribution in [-0.2, 0) is 17.6 Å². The van der Waals surface area contributed by atoms with Crippen LogP contribution < -0.4 is 0 Å². The highest BCUT2D eigenvalue weighted by molar-refractivity contribution is 5.88. The topological polar surface area (TPSA) is 74.6 Å². The number of hydrogen-bond donors (Lipinski definition) is 2. The molecular formula is C12H12O4. The van der Waals surface area contributed by atoms with Gasteiger partial charge in [0.05, 0.1) is 11.5 Å². The van der Waals surface area contributed by atoms with Crippen molar-refractivity contribution in [2.24, 2.45) is 5.92 Å². The summed E-state index contributed by atoms with van der Waals surface area (Å²) in [5.74, 6) is -2.04. The average molecular weight is 220 g/mol. The van der Waals surface area contributed by atoms with Crippen molar-refractivity contribution in [1.82, 2.24) is 0 Å². The van der Waals surface area contributed by atoms with E-state index in [9.17, 15) is 9.59 Å². The first kappa shape index (κ1) is 10.7. The van der Waals surface area contributed by atoms with Crippen LogP contribution in [0.4, 0.5) is 0 Å². The van der Waals surface area contributed by atoms with E-state index in [1.54, 1.807) is 12.1 Å². The van der Waals surface area contributed by atoms with E-state index >= 15 is 0 Å². The maximum Gasteiger partial charge on any atom is 0.335 e. The Labute approximate surface area is 92.5 Å². The number of aromatic carboxylic acids is 1.